The number of hydrogen-bond acceptors (Lipinski definition) is 3. The molecule has 1 unspecified atom stereocenters. The van der Waals surface area contributed by atoms with Gasteiger partial charge in [-0.3, -0.25) is 10.1 Å². The summed E-state index contributed by atoms with van der Waals surface area (Å²) in [6.07, 6.45) is -2.37. The van der Waals surface area contributed by atoms with Crippen molar-refractivity contribution in [3.05, 3.63) is 0 Å². The molecule has 8 heteroatoms. The first-order valence-electron chi connectivity index (χ1n) is 2.83. The van der Waals surface area contributed by atoms with Gasteiger partial charge in [-0.15, -0.1) is 0 Å². The van der Waals surface area contributed by atoms with Crippen molar-refractivity contribution in [2.24, 2.45) is 4.99 Å². The molecule has 0 radical (unpaired) electrons. The van der Waals surface area contributed by atoms with E-state index >= 15 is 0 Å². The van der Waals surface area contributed by atoms with E-state index < -0.39 is 29.8 Å². The van der Waals surface area contributed by atoms with Gasteiger partial charge in [0.2, 0.25) is 6.17 Å². The lowest BCUT2D eigenvalue weighted by molar-refractivity contribution is -0.131. The molecule has 1 atom stereocenters. The molecule has 0 fully saturated rings. The maximum Gasteiger partial charge on any atom is 0.354 e. The summed E-state index contributed by atoms with van der Waals surface area (Å²) < 4.78 is 12.6. The zero-order valence-electron chi connectivity index (χ0n) is 6.07. The molecule has 0 bridgehead atoms. The zero-order chi connectivity index (χ0) is 9.30. The Bertz CT molecular complexity index is 299. The Kier molecular flexibility index (Phi) is 3.19. The third-order valence-corrected chi connectivity index (χ3v) is 1.14. The Labute approximate surface area is 70.6 Å². The number of nitrogens with zero attached hydrogens (tertiary/aromatic N) is 1. The molecule has 0 spiro atoms. The van der Waals surface area contributed by atoms with Crippen molar-refractivity contribution in [3.8, 4) is 0 Å². The Morgan fingerprint density at radius 3 is 2.54 bits per heavy atom. The summed E-state index contributed by atoms with van der Waals surface area (Å²) in [7, 11) is 0. The largest absolute Gasteiger partial charge is 0.477 e. The number of nitrogens with one attached hydrogen (secondary N) is 1. The Morgan fingerprint density at radius 1 is 1.54 bits per heavy atom. The fourth-order valence-electron chi connectivity index (χ4n) is 0.643. The summed E-state index contributed by atoms with van der Waals surface area (Å²) in [4.78, 5) is 33.8. The van der Waals surface area contributed by atoms with Crippen LogP contribution in [0.2, 0.25) is 0 Å². The third-order valence-electron chi connectivity index (χ3n) is 1.14. The third kappa shape index (κ3) is 2.06. The molecule has 3 amide bonds. The molecule has 1 rings (SSSR count). The minimum Gasteiger partial charge on any atom is -0.477 e. The van der Waals surface area contributed by atoms with E-state index in [0.29, 0.717) is 0 Å². The number of halogens is 1. The lowest BCUT2D eigenvalue weighted by atomic mass is 10.2. The van der Waals surface area contributed by atoms with Crippen LogP contribution in [0.15, 0.2) is 4.99 Å². The van der Waals surface area contributed by atoms with Crippen LogP contribution < -0.4 is 5.32 Å². The van der Waals surface area contributed by atoms with Crippen LogP contribution >= 0.6 is 0 Å². The highest BCUT2D eigenvalue weighted by atomic mass is 19.1. The first-order valence-corrected chi connectivity index (χ1v) is 2.83. The van der Waals surface area contributed by atoms with Crippen molar-refractivity contribution in [1.29, 1.82) is 0 Å². The Hall–Kier alpha value is -1.83. The Balaban J connectivity index is 0.00000144. The summed E-state index contributed by atoms with van der Waals surface area (Å²) in [5.41, 5.74) is -1.08. The topological polar surface area (TPSA) is 127 Å². The molecule has 0 aromatic carbocycles. The van der Waals surface area contributed by atoms with Crippen molar-refractivity contribution in [2.45, 2.75) is 6.17 Å². The molecule has 0 aliphatic carbocycles. The highest BCUT2D eigenvalue weighted by Crippen LogP contribution is 2.02. The standard InChI is InChI=1S/C5H3FN2O4.H2O/c6-1-2(4(10)11)7-5(12)8-3(1)9;/h1H,(H,10,11)(H,8,9,12);1H2. The van der Waals surface area contributed by atoms with Crippen LogP contribution in [-0.2, 0) is 9.59 Å². The van der Waals surface area contributed by atoms with Crippen molar-refractivity contribution in [1.82, 2.24) is 5.32 Å². The number of carbonyl (C=O) groups is 3. The van der Waals surface area contributed by atoms with Crippen molar-refractivity contribution in [2.75, 3.05) is 0 Å². The van der Waals surface area contributed by atoms with E-state index in [-0.39, 0.29) is 5.48 Å². The lowest BCUT2D eigenvalue weighted by Gasteiger charge is -2.11. The van der Waals surface area contributed by atoms with Gasteiger partial charge in [0.05, 0.1) is 0 Å². The van der Waals surface area contributed by atoms with Gasteiger partial charge in [-0.05, 0) is 0 Å². The number of rotatable bonds is 1. The summed E-state index contributed by atoms with van der Waals surface area (Å²) in [6.45, 7) is 0. The highest BCUT2D eigenvalue weighted by Gasteiger charge is 2.34. The molecule has 0 aromatic heterocycles. The van der Waals surface area contributed by atoms with Gasteiger partial charge < -0.3 is 10.6 Å². The van der Waals surface area contributed by atoms with E-state index in [2.05, 4.69) is 4.99 Å². The number of urea groups is 1. The smallest absolute Gasteiger partial charge is 0.354 e. The van der Waals surface area contributed by atoms with Crippen LogP contribution in [0.3, 0.4) is 0 Å². The van der Waals surface area contributed by atoms with Gasteiger partial charge in [-0.2, -0.15) is 4.99 Å². The molecule has 1 heterocycles. The van der Waals surface area contributed by atoms with Gasteiger partial charge in [-0.25, -0.2) is 14.0 Å². The fourth-order valence-corrected chi connectivity index (χ4v) is 0.643. The average Bonchev–Trinajstić information content (AvgIpc) is 1.96. The number of aliphatic carboxylic acids is 1. The lowest BCUT2D eigenvalue weighted by Crippen LogP contribution is -2.47. The normalized spacial score (nSPS) is 21.3. The van der Waals surface area contributed by atoms with Gasteiger partial charge in [0.25, 0.3) is 5.91 Å². The zero-order valence-corrected chi connectivity index (χ0v) is 6.07. The molecule has 72 valence electrons. The minimum absolute atomic E-state index is 0. The Morgan fingerprint density at radius 2 is 2.08 bits per heavy atom. The van der Waals surface area contributed by atoms with Crippen molar-refractivity contribution < 1.29 is 29.4 Å². The second kappa shape index (κ2) is 3.72. The van der Waals surface area contributed by atoms with E-state index in [1.807, 2.05) is 0 Å². The number of carbonyl (C=O) groups excluding carboxylic acids is 2. The van der Waals surface area contributed by atoms with Crippen LogP contribution in [0.25, 0.3) is 0 Å². The van der Waals surface area contributed by atoms with Crippen LogP contribution in [0.5, 0.6) is 0 Å². The SMILES string of the molecule is O.O=C1N=C(C(=O)O)C(F)C(=O)N1. The first kappa shape index (κ1) is 11.2. The van der Waals surface area contributed by atoms with Gasteiger partial charge in [-0.1, -0.05) is 0 Å². The number of carboxylic acid groups (broad SMARTS) is 1. The monoisotopic (exact) mass is 192 g/mol. The van der Waals surface area contributed by atoms with Gasteiger partial charge in [0.1, 0.15) is 0 Å². The quantitative estimate of drug-likeness (QED) is 0.511. The number of amides is 3. The average molecular weight is 192 g/mol. The fraction of sp³-hybridized carbons (Fsp3) is 0.200. The molecular weight excluding hydrogens is 187 g/mol. The second-order valence-corrected chi connectivity index (χ2v) is 1.96. The van der Waals surface area contributed by atoms with Gasteiger partial charge >= 0.3 is 12.0 Å². The van der Waals surface area contributed by atoms with Crippen LogP contribution in [-0.4, -0.2) is 40.4 Å². The van der Waals surface area contributed by atoms with E-state index in [9.17, 15) is 18.8 Å². The molecular formula is C5H5FN2O5. The summed E-state index contributed by atoms with van der Waals surface area (Å²) >= 11 is 0. The predicted octanol–water partition coefficient (Wildman–Crippen LogP) is -1.72. The number of imide groups is 1. The van der Waals surface area contributed by atoms with Crippen LogP contribution in [0, 0.1) is 0 Å². The summed E-state index contributed by atoms with van der Waals surface area (Å²) in [5.74, 6) is -3.02. The predicted molar refractivity (Wildman–Crippen MR) is 37.1 cm³/mol. The minimum atomic E-state index is -2.37. The summed E-state index contributed by atoms with van der Waals surface area (Å²) in [6, 6.07) is -1.16. The maximum atomic E-state index is 12.6. The molecule has 4 N–H and O–H groups in total. The molecule has 1 aliphatic rings. The van der Waals surface area contributed by atoms with Crippen LogP contribution in [0.4, 0.5) is 9.18 Å². The summed E-state index contributed by atoms with van der Waals surface area (Å²) in [5, 5.41) is 9.75. The van der Waals surface area contributed by atoms with Crippen molar-refractivity contribution >= 4 is 23.6 Å². The maximum absolute atomic E-state index is 12.6. The van der Waals surface area contributed by atoms with Crippen LogP contribution in [0.1, 0.15) is 0 Å². The van der Waals surface area contributed by atoms with Crippen molar-refractivity contribution in [3.63, 3.8) is 0 Å². The molecule has 1 aliphatic heterocycles. The van der Waals surface area contributed by atoms with E-state index in [1.165, 1.54) is 5.32 Å². The first-order chi connectivity index (χ1) is 5.52. The molecule has 0 aromatic rings. The van der Waals surface area contributed by atoms with E-state index in [4.69, 9.17) is 5.11 Å². The van der Waals surface area contributed by atoms with E-state index in [1.54, 1.807) is 0 Å². The van der Waals surface area contributed by atoms with E-state index in [0.717, 1.165) is 0 Å². The number of aliphatic imine (C=N–C) groups is 1. The highest BCUT2D eigenvalue weighted by molar-refractivity contribution is 6.44. The molecule has 0 saturated heterocycles. The second-order valence-electron chi connectivity index (χ2n) is 1.96. The number of alkyl halides is 1. The van der Waals surface area contributed by atoms with Gasteiger partial charge in [0, 0.05) is 0 Å². The molecule has 0 saturated carbocycles. The number of carboxylic acids is 1. The van der Waals surface area contributed by atoms with Gasteiger partial charge in [0.15, 0.2) is 5.71 Å². The molecule has 7 nitrogen and oxygen atoms in total. The number of hydrogen-bond donors (Lipinski definition) is 2. The molecule has 13 heavy (non-hydrogen) atoms.